The van der Waals surface area contributed by atoms with Gasteiger partial charge in [0.25, 0.3) is 0 Å². The van der Waals surface area contributed by atoms with Gasteiger partial charge in [-0.3, -0.25) is 4.98 Å². The molecule has 0 aliphatic carbocycles. The van der Waals surface area contributed by atoms with E-state index in [1.165, 1.54) is 0 Å². The molecule has 0 fully saturated rings. The van der Waals surface area contributed by atoms with E-state index in [1.807, 2.05) is 36.6 Å². The summed E-state index contributed by atoms with van der Waals surface area (Å²) in [5, 5.41) is 29.2. The third kappa shape index (κ3) is 3.09. The Hall–Kier alpha value is -3.41. The van der Waals surface area contributed by atoms with Crippen LogP contribution in [0.1, 0.15) is 34.2 Å². The zero-order valence-electron chi connectivity index (χ0n) is 14.6. The van der Waals surface area contributed by atoms with Gasteiger partial charge in [-0.25, -0.2) is 0 Å². The Labute approximate surface area is 152 Å². The smallest absolute Gasteiger partial charge is 0.102 e. The third-order valence-corrected chi connectivity index (χ3v) is 4.62. The topological polar surface area (TPSA) is 85.6 Å². The van der Waals surface area contributed by atoms with E-state index in [2.05, 4.69) is 17.1 Å². The summed E-state index contributed by atoms with van der Waals surface area (Å²) in [7, 11) is 0. The van der Waals surface area contributed by atoms with E-state index in [4.69, 9.17) is 5.26 Å². The van der Waals surface area contributed by atoms with Gasteiger partial charge in [0.05, 0.1) is 29.8 Å². The Kier molecular flexibility index (Phi) is 4.84. The van der Waals surface area contributed by atoms with Crippen molar-refractivity contribution in [1.29, 1.82) is 10.5 Å². The lowest BCUT2D eigenvalue weighted by molar-refractivity contribution is 0.154. The molecule has 128 valence electrons. The van der Waals surface area contributed by atoms with Crippen molar-refractivity contribution >= 4 is 0 Å². The van der Waals surface area contributed by atoms with Gasteiger partial charge in [-0.05, 0) is 37.6 Å². The highest BCUT2D eigenvalue weighted by atomic mass is 16.3. The second-order valence-electron chi connectivity index (χ2n) is 6.13. The van der Waals surface area contributed by atoms with Gasteiger partial charge in [0.15, 0.2) is 0 Å². The molecule has 1 N–H and O–H groups in total. The average Bonchev–Trinajstić information content (AvgIpc) is 2.92. The van der Waals surface area contributed by atoms with Gasteiger partial charge in [0, 0.05) is 34.9 Å². The molecular formula is C21H18N4O. The molecule has 0 spiro atoms. The van der Waals surface area contributed by atoms with Crippen LogP contribution in [0.4, 0.5) is 0 Å². The van der Waals surface area contributed by atoms with Crippen LogP contribution in [-0.4, -0.2) is 14.7 Å². The van der Waals surface area contributed by atoms with E-state index in [0.717, 1.165) is 28.1 Å². The first-order chi connectivity index (χ1) is 12.6. The fourth-order valence-electron chi connectivity index (χ4n) is 3.21. The predicted molar refractivity (Wildman–Crippen MR) is 98.0 cm³/mol. The Bertz CT molecular complexity index is 1010. The summed E-state index contributed by atoms with van der Waals surface area (Å²) in [6.45, 7) is 4.17. The van der Waals surface area contributed by atoms with Crippen molar-refractivity contribution in [2.45, 2.75) is 26.5 Å². The van der Waals surface area contributed by atoms with Crippen molar-refractivity contribution in [2.75, 3.05) is 0 Å². The van der Waals surface area contributed by atoms with Gasteiger partial charge in [-0.1, -0.05) is 18.2 Å². The standard InChI is InChI=1S/C21H18N4O/c1-14-19(11-23)21(17-7-5-16(10-22)6-8-17)15(2)25(14)13-20(26)18-4-3-9-24-12-18/h3-9,12,20,26H,13H2,1-2H3. The lowest BCUT2D eigenvalue weighted by atomic mass is 10.0. The fraction of sp³-hybridized carbons (Fsp3) is 0.190. The summed E-state index contributed by atoms with van der Waals surface area (Å²) in [5.74, 6) is 0. The second-order valence-corrected chi connectivity index (χ2v) is 6.13. The number of nitrogens with zero attached hydrogens (tertiary/aromatic N) is 4. The first-order valence-electron chi connectivity index (χ1n) is 8.25. The average molecular weight is 342 g/mol. The summed E-state index contributed by atoms with van der Waals surface area (Å²) in [6.07, 6.45) is 2.60. The third-order valence-electron chi connectivity index (χ3n) is 4.62. The Balaban J connectivity index is 2.04. The van der Waals surface area contributed by atoms with Crippen LogP contribution in [0.2, 0.25) is 0 Å². The molecule has 1 atom stereocenters. The highest BCUT2D eigenvalue weighted by molar-refractivity contribution is 5.75. The zero-order valence-corrected chi connectivity index (χ0v) is 14.6. The lowest BCUT2D eigenvalue weighted by Gasteiger charge is -2.15. The maximum atomic E-state index is 10.6. The second kappa shape index (κ2) is 7.23. The quantitative estimate of drug-likeness (QED) is 0.784. The molecule has 0 aliphatic rings. The number of aromatic nitrogens is 2. The molecule has 26 heavy (non-hydrogen) atoms. The molecule has 0 aliphatic heterocycles. The maximum Gasteiger partial charge on any atom is 0.102 e. The monoisotopic (exact) mass is 342 g/mol. The number of benzene rings is 1. The van der Waals surface area contributed by atoms with E-state index in [0.29, 0.717) is 17.7 Å². The number of aliphatic hydroxyl groups is 1. The molecule has 5 nitrogen and oxygen atoms in total. The molecule has 0 bridgehead atoms. The van der Waals surface area contributed by atoms with Gasteiger partial charge >= 0.3 is 0 Å². The zero-order chi connectivity index (χ0) is 18.7. The summed E-state index contributed by atoms with van der Waals surface area (Å²) < 4.78 is 1.96. The minimum absolute atomic E-state index is 0.342. The molecule has 2 aromatic heterocycles. The molecule has 5 heteroatoms. The van der Waals surface area contributed by atoms with Gasteiger partial charge in [-0.2, -0.15) is 10.5 Å². The van der Waals surface area contributed by atoms with Gasteiger partial charge in [0.1, 0.15) is 6.07 Å². The summed E-state index contributed by atoms with van der Waals surface area (Å²) >= 11 is 0. The molecule has 1 unspecified atom stereocenters. The normalized spacial score (nSPS) is 11.6. The molecule has 1 aromatic carbocycles. The number of pyridine rings is 1. The fourth-order valence-corrected chi connectivity index (χ4v) is 3.21. The first-order valence-corrected chi connectivity index (χ1v) is 8.25. The summed E-state index contributed by atoms with van der Waals surface area (Å²) in [6, 6.07) is 15.2. The number of hydrogen-bond donors (Lipinski definition) is 1. The van der Waals surface area contributed by atoms with Crippen LogP contribution >= 0.6 is 0 Å². The van der Waals surface area contributed by atoms with E-state index < -0.39 is 6.10 Å². The van der Waals surface area contributed by atoms with Crippen LogP contribution in [0, 0.1) is 36.5 Å². The molecule has 0 radical (unpaired) electrons. The van der Waals surface area contributed by atoms with Crippen molar-refractivity contribution in [3.63, 3.8) is 0 Å². The van der Waals surface area contributed by atoms with Crippen molar-refractivity contribution in [3.05, 3.63) is 76.9 Å². The van der Waals surface area contributed by atoms with Crippen molar-refractivity contribution in [3.8, 4) is 23.3 Å². The van der Waals surface area contributed by atoms with Crippen molar-refractivity contribution < 1.29 is 5.11 Å². The molecule has 2 heterocycles. The molecular weight excluding hydrogens is 324 g/mol. The molecule has 3 aromatic rings. The largest absolute Gasteiger partial charge is 0.386 e. The lowest BCUT2D eigenvalue weighted by Crippen LogP contribution is -2.11. The number of rotatable bonds is 4. The van der Waals surface area contributed by atoms with Crippen LogP contribution in [0.25, 0.3) is 11.1 Å². The van der Waals surface area contributed by atoms with Gasteiger partial charge in [0.2, 0.25) is 0 Å². The molecule has 0 saturated heterocycles. The predicted octanol–water partition coefficient (Wildman–Crippen LogP) is 3.64. The SMILES string of the molecule is Cc1c(C#N)c(-c2ccc(C#N)cc2)c(C)n1CC(O)c1cccnc1. The Morgan fingerprint density at radius 1 is 1.08 bits per heavy atom. The van der Waals surface area contributed by atoms with Crippen LogP contribution < -0.4 is 0 Å². The number of nitriles is 2. The van der Waals surface area contributed by atoms with Crippen LogP contribution in [-0.2, 0) is 6.54 Å². The van der Waals surface area contributed by atoms with E-state index >= 15 is 0 Å². The van der Waals surface area contributed by atoms with E-state index in [1.54, 1.807) is 30.6 Å². The highest BCUT2D eigenvalue weighted by Crippen LogP contribution is 2.33. The Morgan fingerprint density at radius 3 is 2.38 bits per heavy atom. The minimum Gasteiger partial charge on any atom is -0.386 e. The first kappa shape index (κ1) is 17.4. The van der Waals surface area contributed by atoms with Crippen LogP contribution in [0.3, 0.4) is 0 Å². The van der Waals surface area contributed by atoms with Crippen molar-refractivity contribution in [1.82, 2.24) is 9.55 Å². The van der Waals surface area contributed by atoms with Gasteiger partial charge < -0.3 is 9.67 Å². The highest BCUT2D eigenvalue weighted by Gasteiger charge is 2.21. The van der Waals surface area contributed by atoms with Crippen LogP contribution in [0.5, 0.6) is 0 Å². The van der Waals surface area contributed by atoms with Gasteiger partial charge in [-0.15, -0.1) is 0 Å². The molecule has 0 amide bonds. The molecule has 3 rings (SSSR count). The summed E-state index contributed by atoms with van der Waals surface area (Å²) in [5.41, 5.74) is 5.35. The minimum atomic E-state index is -0.714. The van der Waals surface area contributed by atoms with E-state index in [9.17, 15) is 10.4 Å². The number of aliphatic hydroxyl groups excluding tert-OH is 1. The van der Waals surface area contributed by atoms with Crippen LogP contribution in [0.15, 0.2) is 48.8 Å². The summed E-state index contributed by atoms with van der Waals surface area (Å²) in [4.78, 5) is 4.05. The van der Waals surface area contributed by atoms with Crippen molar-refractivity contribution in [2.24, 2.45) is 0 Å². The number of hydrogen-bond acceptors (Lipinski definition) is 4. The molecule has 0 saturated carbocycles. The Morgan fingerprint density at radius 2 is 1.81 bits per heavy atom. The van der Waals surface area contributed by atoms with E-state index in [-0.39, 0.29) is 0 Å². The maximum absolute atomic E-state index is 10.6.